The van der Waals surface area contributed by atoms with Gasteiger partial charge in [-0.3, -0.25) is 19.2 Å². The normalized spacial score (nSPS) is 15.3. The van der Waals surface area contributed by atoms with Crippen molar-refractivity contribution >= 4 is 33.2 Å². The van der Waals surface area contributed by atoms with Crippen LogP contribution in [0.4, 0.5) is 0 Å². The van der Waals surface area contributed by atoms with E-state index in [0.717, 1.165) is 6.42 Å². The smallest absolute Gasteiger partial charge is 0.230 e. The second-order valence-electron chi connectivity index (χ2n) is 9.70. The van der Waals surface area contributed by atoms with Gasteiger partial charge in [-0.05, 0) is 12.0 Å². The first-order valence-corrected chi connectivity index (χ1v) is 15.1. The molecule has 0 spiro atoms. The highest BCUT2D eigenvalue weighted by Crippen LogP contribution is 2.17. The lowest BCUT2D eigenvalue weighted by Gasteiger charge is -2.28. The number of hydrogen-bond acceptors (Lipinski definition) is 7. The van der Waals surface area contributed by atoms with Crippen LogP contribution in [-0.4, -0.2) is 74.8 Å². The van der Waals surface area contributed by atoms with Gasteiger partial charge in [0.05, 0.1) is 36.7 Å². The fourth-order valence-corrected chi connectivity index (χ4v) is 6.13. The molecule has 1 aliphatic heterocycles. The first kappa shape index (κ1) is 30.2. The molecule has 3 rings (SSSR count). The second kappa shape index (κ2) is 14.7. The summed E-state index contributed by atoms with van der Waals surface area (Å²) in [7, 11) is -3.80. The molecule has 1 saturated heterocycles. The average Bonchev–Trinajstić information content (AvgIpc) is 2.95. The van der Waals surface area contributed by atoms with Crippen molar-refractivity contribution in [1.82, 2.24) is 10.2 Å². The van der Waals surface area contributed by atoms with Crippen molar-refractivity contribution in [3.05, 3.63) is 71.8 Å². The van der Waals surface area contributed by atoms with Crippen LogP contribution in [0.1, 0.15) is 48.5 Å². The highest BCUT2D eigenvalue weighted by Gasteiger charge is 2.34. The molecule has 0 bridgehead atoms. The van der Waals surface area contributed by atoms with Crippen LogP contribution >= 0.6 is 0 Å². The molecular formula is C29H36N2O7S. The summed E-state index contributed by atoms with van der Waals surface area (Å²) in [6.45, 7) is 3.36. The van der Waals surface area contributed by atoms with E-state index in [4.69, 9.17) is 4.74 Å². The molecule has 2 aromatic carbocycles. The van der Waals surface area contributed by atoms with Crippen LogP contribution in [0.5, 0.6) is 0 Å². The number of carbonyl (C=O) groups is 4. The summed E-state index contributed by atoms with van der Waals surface area (Å²) in [6.07, 6.45) is 1.19. The number of Topliss-reactive ketones (excluding diaryl/α,β-unsaturated/α-hetero) is 2. The number of carbonyl (C=O) groups excluding carboxylic acids is 4. The molecule has 210 valence electrons. The topological polar surface area (TPSA) is 127 Å². The largest absolute Gasteiger partial charge is 0.378 e. The minimum Gasteiger partial charge on any atom is -0.378 e. The van der Waals surface area contributed by atoms with Gasteiger partial charge < -0.3 is 15.0 Å². The predicted molar refractivity (Wildman–Crippen MR) is 147 cm³/mol. The van der Waals surface area contributed by atoms with E-state index in [0.29, 0.717) is 38.3 Å². The molecule has 2 atom stereocenters. The molecule has 0 radical (unpaired) electrons. The van der Waals surface area contributed by atoms with Crippen molar-refractivity contribution in [2.75, 3.05) is 32.1 Å². The number of nitrogens with zero attached hydrogens (tertiary/aromatic N) is 1. The maximum atomic E-state index is 13.5. The third-order valence-corrected chi connectivity index (χ3v) is 8.26. The van der Waals surface area contributed by atoms with Gasteiger partial charge in [0, 0.05) is 25.1 Å². The monoisotopic (exact) mass is 556 g/mol. The van der Waals surface area contributed by atoms with Gasteiger partial charge in [-0.1, -0.05) is 80.4 Å². The number of ketones is 2. The summed E-state index contributed by atoms with van der Waals surface area (Å²) >= 11 is 0. The molecule has 2 aromatic rings. The molecule has 1 N–H and O–H groups in total. The number of benzene rings is 2. The molecule has 9 nitrogen and oxygen atoms in total. The van der Waals surface area contributed by atoms with Crippen LogP contribution in [0.15, 0.2) is 60.7 Å². The van der Waals surface area contributed by atoms with Crippen LogP contribution in [0.3, 0.4) is 0 Å². The molecule has 1 aliphatic rings. The van der Waals surface area contributed by atoms with Gasteiger partial charge in [0.15, 0.2) is 9.84 Å². The van der Waals surface area contributed by atoms with Crippen LogP contribution in [0.2, 0.25) is 0 Å². The zero-order valence-electron chi connectivity index (χ0n) is 22.2. The van der Waals surface area contributed by atoms with Crippen LogP contribution in [0.25, 0.3) is 0 Å². The molecule has 1 unspecified atom stereocenters. The van der Waals surface area contributed by atoms with E-state index in [1.807, 2.05) is 6.92 Å². The van der Waals surface area contributed by atoms with Gasteiger partial charge in [0.2, 0.25) is 23.4 Å². The fourth-order valence-electron chi connectivity index (χ4n) is 4.43. The molecule has 1 heterocycles. The molecule has 2 amide bonds. The summed E-state index contributed by atoms with van der Waals surface area (Å²) in [4.78, 5) is 54.0. The minimum atomic E-state index is -3.80. The van der Waals surface area contributed by atoms with Gasteiger partial charge in [0.25, 0.3) is 0 Å². The lowest BCUT2D eigenvalue weighted by Crippen LogP contribution is -2.49. The predicted octanol–water partition coefficient (Wildman–Crippen LogP) is 2.59. The SMILES string of the molecule is CCCC[C@H](NC(=O)C(CC(=O)N1CCOCC1)CS(=O)(=O)Cc1ccccc1)C(=O)C(=O)c1ccccc1. The van der Waals surface area contributed by atoms with Gasteiger partial charge in [-0.2, -0.15) is 0 Å². The molecule has 0 saturated carbocycles. The summed E-state index contributed by atoms with van der Waals surface area (Å²) < 4.78 is 31.5. The Hall–Kier alpha value is -3.37. The Morgan fingerprint density at radius 3 is 2.18 bits per heavy atom. The quantitative estimate of drug-likeness (QED) is 0.280. The number of sulfone groups is 1. The van der Waals surface area contributed by atoms with Gasteiger partial charge >= 0.3 is 0 Å². The number of amides is 2. The van der Waals surface area contributed by atoms with Crippen LogP contribution in [0, 0.1) is 5.92 Å². The summed E-state index contributed by atoms with van der Waals surface area (Å²) in [5.74, 6) is -4.66. The molecule has 0 aliphatic carbocycles. The lowest BCUT2D eigenvalue weighted by atomic mass is 9.97. The first-order chi connectivity index (χ1) is 18.7. The summed E-state index contributed by atoms with van der Waals surface area (Å²) in [5, 5.41) is 2.63. The highest BCUT2D eigenvalue weighted by atomic mass is 32.2. The Balaban J connectivity index is 1.80. The Morgan fingerprint density at radius 2 is 1.56 bits per heavy atom. The zero-order valence-corrected chi connectivity index (χ0v) is 23.0. The number of morpholine rings is 1. The second-order valence-corrected chi connectivity index (χ2v) is 11.8. The van der Waals surface area contributed by atoms with Crippen molar-refractivity contribution < 1.29 is 32.3 Å². The molecule has 0 aromatic heterocycles. The van der Waals surface area contributed by atoms with Crippen molar-refractivity contribution in [3.63, 3.8) is 0 Å². The van der Waals surface area contributed by atoms with E-state index in [1.165, 1.54) is 12.1 Å². The molecular weight excluding hydrogens is 520 g/mol. The number of unbranched alkanes of at least 4 members (excludes halogenated alkanes) is 1. The maximum absolute atomic E-state index is 13.5. The van der Waals surface area contributed by atoms with Gasteiger partial charge in [0.1, 0.15) is 0 Å². The number of nitrogens with one attached hydrogen (secondary N) is 1. The van der Waals surface area contributed by atoms with Crippen LogP contribution < -0.4 is 5.32 Å². The van der Waals surface area contributed by atoms with Gasteiger partial charge in [-0.25, -0.2) is 8.42 Å². The van der Waals surface area contributed by atoms with Gasteiger partial charge in [-0.15, -0.1) is 0 Å². The van der Waals surface area contributed by atoms with E-state index in [1.54, 1.807) is 53.4 Å². The van der Waals surface area contributed by atoms with Crippen molar-refractivity contribution in [2.24, 2.45) is 5.92 Å². The van der Waals surface area contributed by atoms with E-state index in [-0.39, 0.29) is 30.1 Å². The Morgan fingerprint density at radius 1 is 0.949 bits per heavy atom. The van der Waals surface area contributed by atoms with Crippen molar-refractivity contribution in [1.29, 1.82) is 0 Å². The fraction of sp³-hybridized carbons (Fsp3) is 0.448. The summed E-state index contributed by atoms with van der Waals surface area (Å²) in [5.41, 5.74) is 0.781. The molecule has 1 fully saturated rings. The van der Waals surface area contributed by atoms with E-state index < -0.39 is 45.0 Å². The average molecular weight is 557 g/mol. The summed E-state index contributed by atoms with van der Waals surface area (Å²) in [6, 6.07) is 15.5. The Kier molecular flexibility index (Phi) is 11.4. The van der Waals surface area contributed by atoms with E-state index in [9.17, 15) is 27.6 Å². The van der Waals surface area contributed by atoms with Crippen LogP contribution in [-0.2, 0) is 34.7 Å². The minimum absolute atomic E-state index is 0.211. The Labute approximate surface area is 229 Å². The highest BCUT2D eigenvalue weighted by molar-refractivity contribution is 7.90. The lowest BCUT2D eigenvalue weighted by molar-refractivity contribution is -0.139. The Bertz CT molecular complexity index is 1230. The third-order valence-electron chi connectivity index (χ3n) is 6.58. The number of rotatable bonds is 14. The number of ether oxygens (including phenoxy) is 1. The van der Waals surface area contributed by atoms with Crippen molar-refractivity contribution in [2.45, 2.75) is 44.4 Å². The zero-order chi connectivity index (χ0) is 28.3. The van der Waals surface area contributed by atoms with E-state index >= 15 is 0 Å². The standard InChI is InChI=1S/C29H36N2O7S/c1-2-3-14-25(28(34)27(33)23-12-8-5-9-13-23)30-29(35)24(19-26(32)31-15-17-38-18-16-31)21-39(36,37)20-22-10-6-4-7-11-22/h4-13,24-25H,2-3,14-21H2,1H3,(H,30,35)/t24?,25-/m0/s1. The number of hydrogen-bond donors (Lipinski definition) is 1. The first-order valence-electron chi connectivity index (χ1n) is 13.2. The van der Waals surface area contributed by atoms with E-state index in [2.05, 4.69) is 5.32 Å². The van der Waals surface area contributed by atoms with Crippen molar-refractivity contribution in [3.8, 4) is 0 Å². The third kappa shape index (κ3) is 9.40. The molecule has 39 heavy (non-hydrogen) atoms. The maximum Gasteiger partial charge on any atom is 0.230 e. The molecule has 10 heteroatoms.